The number of carbonyl (C=O) groups excluding carboxylic acids is 1. The number of likely N-dealkylation sites (tertiary alicyclic amines) is 1. The number of anilines is 1. The van der Waals surface area contributed by atoms with Gasteiger partial charge < -0.3 is 19.9 Å². The van der Waals surface area contributed by atoms with E-state index in [9.17, 15) is 9.18 Å². The maximum absolute atomic E-state index is 13.4. The van der Waals surface area contributed by atoms with E-state index in [1.807, 2.05) is 6.07 Å². The van der Waals surface area contributed by atoms with Gasteiger partial charge in [-0.2, -0.15) is 0 Å². The highest BCUT2D eigenvalue weighted by Crippen LogP contribution is 2.24. The summed E-state index contributed by atoms with van der Waals surface area (Å²) < 4.78 is 19.5. The molecule has 146 valence electrons. The molecule has 28 heavy (non-hydrogen) atoms. The van der Waals surface area contributed by atoms with E-state index < -0.39 is 5.82 Å². The smallest absolute Gasteiger partial charge is 0.241 e. The van der Waals surface area contributed by atoms with Crippen LogP contribution in [0.1, 0.15) is 12.8 Å². The molecular formula is C19H19ClFN5O2. The van der Waals surface area contributed by atoms with Crippen molar-refractivity contribution >= 4 is 34.2 Å². The Kier molecular flexibility index (Phi) is 5.29. The predicted octanol–water partition coefficient (Wildman–Crippen LogP) is 3.23. The third kappa shape index (κ3) is 4.17. The van der Waals surface area contributed by atoms with Crippen LogP contribution in [-0.2, 0) is 4.79 Å². The van der Waals surface area contributed by atoms with Crippen molar-refractivity contribution in [2.45, 2.75) is 18.9 Å². The Morgan fingerprint density at radius 2 is 2.29 bits per heavy atom. The normalized spacial score (nSPS) is 16.9. The number of hydrogen-bond donors (Lipinski definition) is 2. The van der Waals surface area contributed by atoms with Crippen molar-refractivity contribution in [1.82, 2.24) is 19.9 Å². The van der Waals surface area contributed by atoms with Crippen LogP contribution in [0.3, 0.4) is 0 Å². The summed E-state index contributed by atoms with van der Waals surface area (Å²) in [5.74, 6) is -0.0175. The fourth-order valence-electron chi connectivity index (χ4n) is 3.31. The molecule has 7 nitrogen and oxygen atoms in total. The summed E-state index contributed by atoms with van der Waals surface area (Å²) in [4.78, 5) is 25.7. The second kappa shape index (κ2) is 8.02. The topological polar surface area (TPSA) is 83.1 Å². The molecule has 3 aromatic rings. The first kappa shape index (κ1) is 18.5. The van der Waals surface area contributed by atoms with Crippen molar-refractivity contribution in [3.05, 3.63) is 47.6 Å². The van der Waals surface area contributed by atoms with Gasteiger partial charge >= 0.3 is 0 Å². The standard InChI is InChI=1S/C19H19ClFN5O2/c20-12-6-13(21)8-14(7-12)23-9-17(27)26-5-1-2-15(10-26)28-19-16-3-4-22-18(16)24-11-25-19/h3-4,6-8,11,15,23H,1-2,5,9-10H2,(H,22,24,25). The molecule has 0 spiro atoms. The quantitative estimate of drug-likeness (QED) is 0.683. The number of piperidine rings is 1. The molecule has 1 aromatic carbocycles. The van der Waals surface area contributed by atoms with Gasteiger partial charge in [0.05, 0.1) is 18.5 Å². The van der Waals surface area contributed by atoms with Crippen LogP contribution in [-0.4, -0.2) is 51.5 Å². The Bertz CT molecular complexity index is 975. The predicted molar refractivity (Wildman–Crippen MR) is 104 cm³/mol. The largest absolute Gasteiger partial charge is 0.472 e. The van der Waals surface area contributed by atoms with E-state index >= 15 is 0 Å². The van der Waals surface area contributed by atoms with Gasteiger partial charge in [0.25, 0.3) is 0 Å². The average molecular weight is 404 g/mol. The van der Waals surface area contributed by atoms with Gasteiger partial charge in [-0.3, -0.25) is 4.79 Å². The fourth-order valence-corrected chi connectivity index (χ4v) is 3.53. The number of aromatic amines is 1. The lowest BCUT2D eigenvalue weighted by Crippen LogP contribution is -2.46. The van der Waals surface area contributed by atoms with Crippen LogP contribution in [0.2, 0.25) is 5.02 Å². The van der Waals surface area contributed by atoms with Crippen LogP contribution < -0.4 is 10.1 Å². The lowest BCUT2D eigenvalue weighted by molar-refractivity contribution is -0.131. The minimum absolute atomic E-state index is 0.0576. The number of aromatic nitrogens is 3. The number of carbonyl (C=O) groups is 1. The monoisotopic (exact) mass is 403 g/mol. The van der Waals surface area contributed by atoms with Crippen molar-refractivity contribution in [3.63, 3.8) is 0 Å². The number of fused-ring (bicyclic) bond motifs is 1. The molecule has 2 N–H and O–H groups in total. The molecule has 1 amide bonds. The summed E-state index contributed by atoms with van der Waals surface area (Å²) in [7, 11) is 0. The van der Waals surface area contributed by atoms with Crippen LogP contribution in [0, 0.1) is 5.82 Å². The molecule has 3 heterocycles. The molecular weight excluding hydrogens is 385 g/mol. The van der Waals surface area contributed by atoms with Crippen LogP contribution in [0.25, 0.3) is 11.0 Å². The van der Waals surface area contributed by atoms with E-state index in [-0.39, 0.29) is 23.6 Å². The molecule has 1 saturated heterocycles. The number of halogens is 2. The Morgan fingerprint density at radius 1 is 1.39 bits per heavy atom. The first-order chi connectivity index (χ1) is 13.6. The molecule has 0 saturated carbocycles. The molecule has 9 heteroatoms. The third-order valence-corrected chi connectivity index (χ3v) is 4.85. The zero-order chi connectivity index (χ0) is 19.5. The highest BCUT2D eigenvalue weighted by atomic mass is 35.5. The van der Waals surface area contributed by atoms with E-state index in [0.717, 1.165) is 18.2 Å². The van der Waals surface area contributed by atoms with Crippen molar-refractivity contribution in [3.8, 4) is 5.88 Å². The van der Waals surface area contributed by atoms with Crippen molar-refractivity contribution in [1.29, 1.82) is 0 Å². The van der Waals surface area contributed by atoms with Gasteiger partial charge in [-0.05, 0) is 37.1 Å². The maximum atomic E-state index is 13.4. The van der Waals surface area contributed by atoms with Gasteiger partial charge in [-0.25, -0.2) is 14.4 Å². The summed E-state index contributed by atoms with van der Waals surface area (Å²) >= 11 is 5.84. The SMILES string of the molecule is O=C(CNc1cc(F)cc(Cl)c1)N1CCCC(Oc2ncnc3[nH]ccc23)C1. The number of nitrogens with zero attached hydrogens (tertiary/aromatic N) is 3. The molecule has 0 aliphatic carbocycles. The summed E-state index contributed by atoms with van der Waals surface area (Å²) in [5, 5.41) is 4.02. The summed E-state index contributed by atoms with van der Waals surface area (Å²) in [5.41, 5.74) is 1.19. The van der Waals surface area contributed by atoms with Gasteiger partial charge in [0.15, 0.2) is 0 Å². The molecule has 0 bridgehead atoms. The first-order valence-electron chi connectivity index (χ1n) is 9.01. The van der Waals surface area contributed by atoms with E-state index in [1.54, 1.807) is 17.2 Å². The number of rotatable bonds is 5. The number of H-pyrrole nitrogens is 1. The Morgan fingerprint density at radius 3 is 3.14 bits per heavy atom. The van der Waals surface area contributed by atoms with Crippen molar-refractivity contribution < 1.29 is 13.9 Å². The number of ether oxygens (including phenoxy) is 1. The molecule has 0 radical (unpaired) electrons. The molecule has 2 aromatic heterocycles. The number of nitrogens with one attached hydrogen (secondary N) is 2. The van der Waals surface area contributed by atoms with Crippen LogP contribution in [0.5, 0.6) is 5.88 Å². The van der Waals surface area contributed by atoms with E-state index in [4.69, 9.17) is 16.3 Å². The zero-order valence-electron chi connectivity index (χ0n) is 15.0. The van der Waals surface area contributed by atoms with E-state index in [0.29, 0.717) is 30.3 Å². The number of benzene rings is 1. The number of amides is 1. The second-order valence-electron chi connectivity index (χ2n) is 6.65. The van der Waals surface area contributed by atoms with Crippen LogP contribution in [0.15, 0.2) is 36.8 Å². The molecule has 1 fully saturated rings. The minimum atomic E-state index is -0.449. The van der Waals surface area contributed by atoms with Gasteiger partial charge in [0, 0.05) is 23.5 Å². The summed E-state index contributed by atoms with van der Waals surface area (Å²) in [6.07, 6.45) is 4.77. The summed E-state index contributed by atoms with van der Waals surface area (Å²) in [6.45, 7) is 1.19. The highest BCUT2D eigenvalue weighted by Gasteiger charge is 2.25. The van der Waals surface area contributed by atoms with Gasteiger partial charge in [0.1, 0.15) is 23.9 Å². The molecule has 1 atom stereocenters. The first-order valence-corrected chi connectivity index (χ1v) is 9.39. The van der Waals surface area contributed by atoms with Gasteiger partial charge in [-0.1, -0.05) is 11.6 Å². The maximum Gasteiger partial charge on any atom is 0.241 e. The second-order valence-corrected chi connectivity index (χ2v) is 7.09. The minimum Gasteiger partial charge on any atom is -0.472 e. The molecule has 1 aliphatic heterocycles. The lowest BCUT2D eigenvalue weighted by atomic mass is 10.1. The van der Waals surface area contributed by atoms with Crippen LogP contribution >= 0.6 is 11.6 Å². The molecule has 4 rings (SSSR count). The van der Waals surface area contributed by atoms with Crippen LogP contribution in [0.4, 0.5) is 10.1 Å². The van der Waals surface area contributed by atoms with Gasteiger partial charge in [-0.15, -0.1) is 0 Å². The highest BCUT2D eigenvalue weighted by molar-refractivity contribution is 6.30. The zero-order valence-corrected chi connectivity index (χ0v) is 15.7. The number of hydrogen-bond acceptors (Lipinski definition) is 5. The van der Waals surface area contributed by atoms with E-state index in [2.05, 4.69) is 20.3 Å². The average Bonchev–Trinajstić information content (AvgIpc) is 3.15. The Balaban J connectivity index is 1.36. The lowest BCUT2D eigenvalue weighted by Gasteiger charge is -2.32. The van der Waals surface area contributed by atoms with Crippen molar-refractivity contribution in [2.75, 3.05) is 25.0 Å². The summed E-state index contributed by atoms with van der Waals surface area (Å²) in [6, 6.07) is 5.97. The van der Waals surface area contributed by atoms with Crippen molar-refractivity contribution in [2.24, 2.45) is 0 Å². The molecule has 1 unspecified atom stereocenters. The van der Waals surface area contributed by atoms with Gasteiger partial charge in [0.2, 0.25) is 11.8 Å². The molecule has 1 aliphatic rings. The van der Waals surface area contributed by atoms with E-state index in [1.165, 1.54) is 18.5 Å². The Hall–Kier alpha value is -2.87. The third-order valence-electron chi connectivity index (χ3n) is 4.63. The fraction of sp³-hybridized carbons (Fsp3) is 0.316. The Labute approximate surface area is 165 Å².